The van der Waals surface area contributed by atoms with Crippen LogP contribution in [0.25, 0.3) is 0 Å². The van der Waals surface area contributed by atoms with E-state index >= 15 is 0 Å². The summed E-state index contributed by atoms with van der Waals surface area (Å²) in [4.78, 5) is 46.3. The molecule has 68 heavy (non-hydrogen) atoms. The molecule has 1 heterocycles. The lowest BCUT2D eigenvalue weighted by Gasteiger charge is -2.59. The number of aliphatic hydroxyl groups excluding tert-OH is 3. The second-order valence-electron chi connectivity index (χ2n) is 16.9. The summed E-state index contributed by atoms with van der Waals surface area (Å²) in [6.07, 6.45) is 8.52. The van der Waals surface area contributed by atoms with Crippen LogP contribution < -0.4 is 14.8 Å². The SMILES string of the molecule is C=CCCOC(=O)N(CCOCCO)[C@H]1CC(=NOCc2ccc([N+](=O)[O-])cc2)C2=C[C@H](CCCCO)[C@@H](CCCCO)[C@@H]3c4cc(OC(=O)NCc5ccccc5)ccc4O[C@@]1(OCC=C)[C@H]23. The predicted octanol–water partition coefficient (Wildman–Crippen LogP) is 7.74. The topological polar surface area (TPSA) is 221 Å². The van der Waals surface area contributed by atoms with Crippen LogP contribution in [0.5, 0.6) is 11.5 Å². The Hall–Kier alpha value is -6.11. The van der Waals surface area contributed by atoms with Gasteiger partial charge in [0.1, 0.15) is 24.1 Å². The Morgan fingerprint density at radius 2 is 1.69 bits per heavy atom. The second-order valence-corrected chi connectivity index (χ2v) is 16.9. The molecule has 366 valence electrons. The van der Waals surface area contributed by atoms with E-state index in [0.717, 1.165) is 23.1 Å². The number of fused-ring (bicyclic) bond motifs is 2. The molecule has 0 radical (unpaired) electrons. The number of ether oxygens (including phenoxy) is 5. The minimum atomic E-state index is -1.62. The molecule has 17 heteroatoms. The summed E-state index contributed by atoms with van der Waals surface area (Å²) in [7, 11) is 0. The Balaban J connectivity index is 1.53. The number of nitrogens with one attached hydrogen (secondary N) is 1. The van der Waals surface area contributed by atoms with Crippen molar-refractivity contribution < 1.29 is 58.4 Å². The molecule has 1 saturated carbocycles. The molecular formula is C51H64N4O13. The maximum absolute atomic E-state index is 14.5. The van der Waals surface area contributed by atoms with Crippen LogP contribution in [0.4, 0.5) is 15.3 Å². The van der Waals surface area contributed by atoms with Gasteiger partial charge in [0.25, 0.3) is 5.69 Å². The number of oxime groups is 1. The van der Waals surface area contributed by atoms with Crippen LogP contribution in [0, 0.1) is 27.9 Å². The lowest BCUT2D eigenvalue weighted by atomic mass is 9.55. The fraction of sp³-hybridized carbons (Fsp3) is 0.471. The first-order chi connectivity index (χ1) is 33.2. The highest BCUT2D eigenvalue weighted by molar-refractivity contribution is 6.03. The number of carbonyl (C=O) groups is 2. The van der Waals surface area contributed by atoms with E-state index in [-0.39, 0.29) is 95.6 Å². The van der Waals surface area contributed by atoms with Crippen LogP contribution in [0.2, 0.25) is 0 Å². The first-order valence-electron chi connectivity index (χ1n) is 23.3. The Morgan fingerprint density at radius 3 is 2.40 bits per heavy atom. The highest BCUT2D eigenvalue weighted by atomic mass is 16.7. The number of benzene rings is 3. The van der Waals surface area contributed by atoms with Gasteiger partial charge in [-0.15, -0.1) is 13.2 Å². The highest BCUT2D eigenvalue weighted by Crippen LogP contribution is 2.62. The molecular weight excluding hydrogens is 877 g/mol. The van der Waals surface area contributed by atoms with E-state index in [4.69, 9.17) is 33.7 Å². The number of nitro benzene ring substituents is 1. The molecule has 2 amide bonds. The number of nitrogens with zero attached hydrogens (tertiary/aromatic N) is 3. The van der Waals surface area contributed by atoms with E-state index in [0.29, 0.717) is 55.5 Å². The highest BCUT2D eigenvalue weighted by Gasteiger charge is 2.65. The molecule has 2 aliphatic carbocycles. The number of allylic oxidation sites excluding steroid dienone is 1. The molecule has 0 aromatic heterocycles. The van der Waals surface area contributed by atoms with Crippen molar-refractivity contribution in [2.75, 3.05) is 52.8 Å². The fourth-order valence-corrected chi connectivity index (χ4v) is 9.54. The number of rotatable bonds is 27. The van der Waals surface area contributed by atoms with E-state index in [1.807, 2.05) is 36.4 Å². The van der Waals surface area contributed by atoms with Crippen molar-refractivity contribution in [2.24, 2.45) is 22.9 Å². The summed E-state index contributed by atoms with van der Waals surface area (Å²) in [6.45, 7) is 7.94. The van der Waals surface area contributed by atoms with Crippen molar-refractivity contribution in [1.29, 1.82) is 0 Å². The lowest BCUT2D eigenvalue weighted by Crippen LogP contribution is -2.70. The number of carbonyl (C=O) groups excluding carboxylic acids is 2. The van der Waals surface area contributed by atoms with Crippen molar-refractivity contribution in [3.05, 3.63) is 137 Å². The fourth-order valence-electron chi connectivity index (χ4n) is 9.54. The molecule has 0 bridgehead atoms. The molecule has 0 spiro atoms. The second kappa shape index (κ2) is 25.9. The van der Waals surface area contributed by atoms with E-state index in [2.05, 4.69) is 24.6 Å². The van der Waals surface area contributed by atoms with Crippen LogP contribution in [0.3, 0.4) is 0 Å². The van der Waals surface area contributed by atoms with Gasteiger partial charge >= 0.3 is 12.2 Å². The molecule has 1 aliphatic heterocycles. The standard InChI is InChI=1S/C51H64N4O13/c1-3-5-28-64-50(60)54(23-29-63-30-26-58)46-33-44(53-66-35-37-17-19-39(20-18-37)55(61)62)42-31-38(15-9-11-24-56)41(16-10-12-25-57)47-43-32-40(67-49(59)52-34-36-13-7-6-8-14-36)21-22-45(43)68-51(46,48(42)47)65-27-4-2/h3-4,6-8,13-14,17-22,31-32,38,41,46-48,56-58H,1-2,5,9-12,15-16,23-30,33-35H2,(H,52,59)/t38-,41+,46-,47+,48+,51+/m0/s1. The third-order valence-corrected chi connectivity index (χ3v) is 12.6. The van der Waals surface area contributed by atoms with Gasteiger partial charge in [-0.1, -0.05) is 66.6 Å². The lowest BCUT2D eigenvalue weighted by molar-refractivity contribution is -0.384. The van der Waals surface area contributed by atoms with Crippen LogP contribution in [-0.2, 0) is 32.2 Å². The van der Waals surface area contributed by atoms with Gasteiger partial charge in [0.15, 0.2) is 0 Å². The third kappa shape index (κ3) is 12.9. The molecule has 3 aromatic carbocycles. The van der Waals surface area contributed by atoms with Crippen LogP contribution in [-0.4, -0.2) is 108 Å². The molecule has 4 N–H and O–H groups in total. The molecule has 0 unspecified atom stereocenters. The quantitative estimate of drug-likeness (QED) is 0.0249. The van der Waals surface area contributed by atoms with Gasteiger partial charge in [-0.2, -0.15) is 0 Å². The smallest absolute Gasteiger partial charge is 0.412 e. The van der Waals surface area contributed by atoms with Gasteiger partial charge in [-0.05, 0) is 91.0 Å². The summed E-state index contributed by atoms with van der Waals surface area (Å²) >= 11 is 0. The predicted molar refractivity (Wildman–Crippen MR) is 253 cm³/mol. The van der Waals surface area contributed by atoms with Gasteiger partial charge in [-0.3, -0.25) is 15.0 Å². The van der Waals surface area contributed by atoms with Gasteiger partial charge in [0.05, 0.1) is 49.6 Å². The van der Waals surface area contributed by atoms with Crippen LogP contribution in [0.15, 0.2) is 115 Å². The first-order valence-corrected chi connectivity index (χ1v) is 23.3. The number of non-ortho nitro benzene ring substituents is 1. The Kier molecular flexibility index (Phi) is 19.5. The summed E-state index contributed by atoms with van der Waals surface area (Å²) in [5, 5.41) is 48.5. The summed E-state index contributed by atoms with van der Waals surface area (Å²) in [5.41, 5.74) is 3.49. The minimum absolute atomic E-state index is 0.00546. The van der Waals surface area contributed by atoms with Gasteiger partial charge in [-0.25, -0.2) is 9.59 Å². The largest absolute Gasteiger partial charge is 0.459 e. The normalized spacial score (nSPS) is 21.8. The van der Waals surface area contributed by atoms with E-state index in [9.17, 15) is 35.0 Å². The van der Waals surface area contributed by atoms with Crippen LogP contribution in [0.1, 0.15) is 74.0 Å². The molecule has 1 fully saturated rings. The first kappa shape index (κ1) is 51.3. The molecule has 3 aromatic rings. The van der Waals surface area contributed by atoms with E-state index in [1.165, 1.54) is 17.0 Å². The van der Waals surface area contributed by atoms with Crippen molar-refractivity contribution >= 4 is 23.6 Å². The van der Waals surface area contributed by atoms with Gasteiger partial charge in [0.2, 0.25) is 5.79 Å². The monoisotopic (exact) mass is 940 g/mol. The number of amides is 2. The Morgan fingerprint density at radius 1 is 0.926 bits per heavy atom. The van der Waals surface area contributed by atoms with Gasteiger partial charge < -0.3 is 49.2 Å². The third-order valence-electron chi connectivity index (χ3n) is 12.6. The zero-order chi connectivity index (χ0) is 48.3. The van der Waals surface area contributed by atoms with Gasteiger partial charge in [0, 0.05) is 56.3 Å². The molecule has 3 aliphatic rings. The Bertz CT molecular complexity index is 2200. The summed E-state index contributed by atoms with van der Waals surface area (Å²) < 4.78 is 31.8. The van der Waals surface area contributed by atoms with E-state index in [1.54, 1.807) is 36.4 Å². The van der Waals surface area contributed by atoms with E-state index < -0.39 is 40.8 Å². The molecule has 6 rings (SSSR count). The molecule has 6 atom stereocenters. The van der Waals surface area contributed by atoms with Crippen molar-refractivity contribution in [3.63, 3.8) is 0 Å². The zero-order valence-corrected chi connectivity index (χ0v) is 38.5. The number of unbranched alkanes of at least 4 members (excludes halogenated alkanes) is 2. The zero-order valence-electron chi connectivity index (χ0n) is 38.5. The van der Waals surface area contributed by atoms with Crippen LogP contribution >= 0.6 is 0 Å². The van der Waals surface area contributed by atoms with Crippen molar-refractivity contribution in [3.8, 4) is 11.5 Å². The number of aliphatic hydroxyl groups is 3. The summed E-state index contributed by atoms with van der Waals surface area (Å²) in [6, 6.07) is 19.7. The summed E-state index contributed by atoms with van der Waals surface area (Å²) in [5.74, 6) is -2.21. The minimum Gasteiger partial charge on any atom is -0.459 e. The number of nitro groups is 1. The maximum Gasteiger partial charge on any atom is 0.412 e. The Labute approximate surface area is 397 Å². The molecule has 0 saturated heterocycles. The maximum atomic E-state index is 14.5. The van der Waals surface area contributed by atoms with Crippen molar-refractivity contribution in [2.45, 2.75) is 82.3 Å². The van der Waals surface area contributed by atoms with Crippen molar-refractivity contribution in [1.82, 2.24) is 10.2 Å². The molecule has 17 nitrogen and oxygen atoms in total. The average Bonchev–Trinajstić information content (AvgIpc) is 3.34. The number of hydrogen-bond donors (Lipinski definition) is 4. The number of hydrogen-bond acceptors (Lipinski definition) is 14. The average molecular weight is 941 g/mol.